The van der Waals surface area contributed by atoms with Gasteiger partial charge in [0.1, 0.15) is 5.01 Å². The maximum atomic E-state index is 11.4. The number of nitrogens with one attached hydrogen (secondary N) is 1. The molecule has 1 aliphatic rings. The standard InChI is InChI=1S/C25H26Cl2N2O4S/c1-14(2)12-21-24(15-5-7-18(26)19(27)13-15)29-25(34-21)17-4-3-11-28-20(8-10-23(32)33)16(17)6-9-22(30)31/h3-5,7,11,13-14,28H,6,8-10,12H2,1-2H3,(H,30,31)(H,32,33). The fourth-order valence-corrected chi connectivity index (χ4v) is 5.31. The third kappa shape index (κ3) is 6.72. The second-order valence-electron chi connectivity index (χ2n) is 8.35. The van der Waals surface area contributed by atoms with Gasteiger partial charge in [-0.1, -0.05) is 49.2 Å². The third-order valence-electron chi connectivity index (χ3n) is 5.20. The van der Waals surface area contributed by atoms with Crippen LogP contribution in [0.1, 0.15) is 49.4 Å². The zero-order valence-corrected chi connectivity index (χ0v) is 21.2. The van der Waals surface area contributed by atoms with Gasteiger partial charge in [0.05, 0.1) is 22.2 Å². The van der Waals surface area contributed by atoms with E-state index in [1.54, 1.807) is 29.7 Å². The van der Waals surface area contributed by atoms with Gasteiger partial charge in [-0.2, -0.15) is 0 Å². The van der Waals surface area contributed by atoms with Gasteiger partial charge in [0.25, 0.3) is 0 Å². The summed E-state index contributed by atoms with van der Waals surface area (Å²) >= 11 is 13.9. The molecule has 0 saturated carbocycles. The number of allylic oxidation sites excluding steroid dienone is 5. The molecule has 0 saturated heterocycles. The molecule has 2 aromatic rings. The second-order valence-corrected chi connectivity index (χ2v) is 10.2. The van der Waals surface area contributed by atoms with Crippen molar-refractivity contribution >= 4 is 52.1 Å². The van der Waals surface area contributed by atoms with Gasteiger partial charge < -0.3 is 15.5 Å². The van der Waals surface area contributed by atoms with Crippen molar-refractivity contribution in [1.29, 1.82) is 0 Å². The molecule has 1 aliphatic heterocycles. The highest BCUT2D eigenvalue weighted by molar-refractivity contribution is 7.13. The van der Waals surface area contributed by atoms with E-state index in [4.69, 9.17) is 28.2 Å². The Hall–Kier alpha value is -2.61. The predicted molar refractivity (Wildman–Crippen MR) is 137 cm³/mol. The Morgan fingerprint density at radius 3 is 2.44 bits per heavy atom. The molecule has 0 aliphatic carbocycles. The van der Waals surface area contributed by atoms with Gasteiger partial charge in [-0.25, -0.2) is 4.98 Å². The van der Waals surface area contributed by atoms with Crippen LogP contribution in [-0.2, 0) is 16.0 Å². The number of carboxylic acid groups (broad SMARTS) is 2. The van der Waals surface area contributed by atoms with Crippen LogP contribution < -0.4 is 5.32 Å². The summed E-state index contributed by atoms with van der Waals surface area (Å²) in [7, 11) is 0. The van der Waals surface area contributed by atoms with E-state index in [-0.39, 0.29) is 25.7 Å². The summed E-state index contributed by atoms with van der Waals surface area (Å²) in [5.41, 5.74) is 3.93. The number of nitrogens with zero attached hydrogens (tertiary/aromatic N) is 1. The lowest BCUT2D eigenvalue weighted by Gasteiger charge is -2.15. The maximum absolute atomic E-state index is 11.4. The number of carboxylic acids is 2. The summed E-state index contributed by atoms with van der Waals surface area (Å²) in [4.78, 5) is 28.6. The van der Waals surface area contributed by atoms with Crippen LogP contribution >= 0.6 is 34.5 Å². The first kappa shape index (κ1) is 26.0. The molecule has 1 aromatic carbocycles. The zero-order valence-electron chi connectivity index (χ0n) is 18.9. The molecule has 3 rings (SSSR count). The van der Waals surface area contributed by atoms with Crippen LogP contribution in [0.2, 0.25) is 10.0 Å². The molecule has 0 fully saturated rings. The monoisotopic (exact) mass is 520 g/mol. The lowest BCUT2D eigenvalue weighted by molar-refractivity contribution is -0.138. The van der Waals surface area contributed by atoms with Crippen LogP contribution in [0.3, 0.4) is 0 Å². The quantitative estimate of drug-likeness (QED) is 0.318. The molecule has 3 N–H and O–H groups in total. The van der Waals surface area contributed by atoms with Gasteiger partial charge in [-0.3, -0.25) is 9.59 Å². The van der Waals surface area contributed by atoms with Crippen molar-refractivity contribution in [3.8, 4) is 11.3 Å². The number of aromatic nitrogens is 1. The number of benzene rings is 1. The number of hydrogen-bond acceptors (Lipinski definition) is 5. The van der Waals surface area contributed by atoms with Crippen molar-refractivity contribution < 1.29 is 19.8 Å². The minimum atomic E-state index is -0.919. The number of hydrogen-bond donors (Lipinski definition) is 3. The Kier molecular flexibility index (Phi) is 8.94. The van der Waals surface area contributed by atoms with Crippen molar-refractivity contribution in [2.24, 2.45) is 5.92 Å². The Morgan fingerprint density at radius 1 is 1.09 bits per heavy atom. The number of halogens is 2. The van der Waals surface area contributed by atoms with Crippen molar-refractivity contribution in [1.82, 2.24) is 10.3 Å². The highest BCUT2D eigenvalue weighted by Crippen LogP contribution is 2.39. The summed E-state index contributed by atoms with van der Waals surface area (Å²) in [6.45, 7) is 4.27. The lowest BCUT2D eigenvalue weighted by Crippen LogP contribution is -2.11. The third-order valence-corrected chi connectivity index (χ3v) is 7.05. The summed E-state index contributed by atoms with van der Waals surface area (Å²) in [5.74, 6) is -1.44. The molecule has 34 heavy (non-hydrogen) atoms. The van der Waals surface area contributed by atoms with Crippen molar-refractivity contribution in [2.45, 2.75) is 46.0 Å². The van der Waals surface area contributed by atoms with E-state index in [1.165, 1.54) is 0 Å². The first-order chi connectivity index (χ1) is 16.2. The first-order valence-electron chi connectivity index (χ1n) is 10.9. The Balaban J connectivity index is 2.12. The fraction of sp³-hybridized carbons (Fsp3) is 0.320. The average Bonchev–Trinajstić information content (AvgIpc) is 3.05. The number of rotatable bonds is 10. The Bertz CT molecular complexity index is 1180. The summed E-state index contributed by atoms with van der Waals surface area (Å²) in [6, 6.07) is 5.44. The number of thiazole rings is 1. The van der Waals surface area contributed by atoms with E-state index in [1.807, 2.05) is 18.2 Å². The summed E-state index contributed by atoms with van der Waals surface area (Å²) < 4.78 is 0. The topological polar surface area (TPSA) is 99.5 Å². The van der Waals surface area contributed by atoms with Gasteiger partial charge in [-0.05, 0) is 49.0 Å². The normalized spacial score (nSPS) is 13.6. The molecule has 1 aromatic heterocycles. The largest absolute Gasteiger partial charge is 0.481 e. The van der Waals surface area contributed by atoms with Gasteiger partial charge in [-0.15, -0.1) is 11.3 Å². The highest BCUT2D eigenvalue weighted by atomic mass is 35.5. The molecule has 0 unspecified atom stereocenters. The predicted octanol–water partition coefficient (Wildman–Crippen LogP) is 6.80. The van der Waals surface area contributed by atoms with Crippen LogP contribution in [0.25, 0.3) is 16.8 Å². The molecule has 0 spiro atoms. The second kappa shape index (κ2) is 11.7. The van der Waals surface area contributed by atoms with Gasteiger partial charge in [0.15, 0.2) is 0 Å². The fourth-order valence-electron chi connectivity index (χ4n) is 3.66. The molecular weight excluding hydrogens is 495 g/mol. The molecule has 0 amide bonds. The molecule has 0 radical (unpaired) electrons. The van der Waals surface area contributed by atoms with E-state index >= 15 is 0 Å². The Labute approximate surface area is 212 Å². The SMILES string of the molecule is CC(C)Cc1sc(C2=CC=CNC(CCC(=O)O)=C2CCC(=O)O)nc1-c1ccc(Cl)c(Cl)c1. The molecule has 0 bridgehead atoms. The molecule has 6 nitrogen and oxygen atoms in total. The van der Waals surface area contributed by atoms with E-state index in [9.17, 15) is 19.8 Å². The van der Waals surface area contributed by atoms with E-state index in [0.29, 0.717) is 21.7 Å². The summed E-state index contributed by atoms with van der Waals surface area (Å²) in [5, 5.41) is 23.3. The highest BCUT2D eigenvalue weighted by Gasteiger charge is 2.22. The van der Waals surface area contributed by atoms with Crippen molar-refractivity contribution in [3.63, 3.8) is 0 Å². The maximum Gasteiger partial charge on any atom is 0.303 e. The minimum Gasteiger partial charge on any atom is -0.481 e. The van der Waals surface area contributed by atoms with Gasteiger partial charge in [0, 0.05) is 34.3 Å². The molecule has 0 atom stereocenters. The van der Waals surface area contributed by atoms with Crippen molar-refractivity contribution in [3.05, 3.63) is 67.8 Å². The summed E-state index contributed by atoms with van der Waals surface area (Å²) in [6.07, 6.45) is 6.64. The van der Waals surface area contributed by atoms with E-state index in [2.05, 4.69) is 19.2 Å². The molecular formula is C25H26Cl2N2O4S. The van der Waals surface area contributed by atoms with E-state index in [0.717, 1.165) is 38.7 Å². The van der Waals surface area contributed by atoms with Crippen LogP contribution in [0.4, 0.5) is 0 Å². The van der Waals surface area contributed by atoms with Crippen LogP contribution in [0.5, 0.6) is 0 Å². The van der Waals surface area contributed by atoms with Crippen LogP contribution in [0, 0.1) is 5.92 Å². The zero-order chi connectivity index (χ0) is 24.8. The molecule has 2 heterocycles. The minimum absolute atomic E-state index is 0.0645. The van der Waals surface area contributed by atoms with Crippen LogP contribution in [0.15, 0.2) is 47.8 Å². The molecule has 9 heteroatoms. The molecule has 180 valence electrons. The van der Waals surface area contributed by atoms with E-state index < -0.39 is 11.9 Å². The van der Waals surface area contributed by atoms with Crippen LogP contribution in [-0.4, -0.2) is 27.1 Å². The first-order valence-corrected chi connectivity index (χ1v) is 12.5. The van der Waals surface area contributed by atoms with Gasteiger partial charge >= 0.3 is 11.9 Å². The van der Waals surface area contributed by atoms with Gasteiger partial charge in [0.2, 0.25) is 0 Å². The smallest absolute Gasteiger partial charge is 0.303 e. The Morgan fingerprint density at radius 2 is 1.79 bits per heavy atom. The number of carbonyl (C=O) groups is 2. The average molecular weight is 521 g/mol. The lowest BCUT2D eigenvalue weighted by atomic mass is 9.97. The van der Waals surface area contributed by atoms with Crippen molar-refractivity contribution in [2.75, 3.05) is 0 Å². The number of aliphatic carboxylic acids is 2.